The molecule has 104 valence electrons. The van der Waals surface area contributed by atoms with Gasteiger partial charge in [0, 0.05) is 11.6 Å². The third-order valence-electron chi connectivity index (χ3n) is 3.35. The molecular formula is C15H12ClN5. The fourth-order valence-electron chi connectivity index (χ4n) is 2.30. The Morgan fingerprint density at radius 1 is 1.05 bits per heavy atom. The number of nitrogens with one attached hydrogen (secondary N) is 2. The SMILES string of the molecule is Clc1ccc(CNc2nc3nc4ccccc4n3[nH]2)cc1. The Labute approximate surface area is 125 Å². The third kappa shape index (κ3) is 2.21. The summed E-state index contributed by atoms with van der Waals surface area (Å²) in [5.74, 6) is 1.35. The summed E-state index contributed by atoms with van der Waals surface area (Å²) >= 11 is 5.87. The molecule has 21 heavy (non-hydrogen) atoms. The largest absolute Gasteiger partial charge is 0.351 e. The lowest BCUT2D eigenvalue weighted by molar-refractivity contribution is 0.987. The lowest BCUT2D eigenvalue weighted by atomic mass is 10.2. The summed E-state index contributed by atoms with van der Waals surface area (Å²) in [6.45, 7) is 0.672. The van der Waals surface area contributed by atoms with Gasteiger partial charge in [0.1, 0.15) is 0 Å². The zero-order chi connectivity index (χ0) is 14.2. The monoisotopic (exact) mass is 297 g/mol. The number of halogens is 1. The van der Waals surface area contributed by atoms with Gasteiger partial charge in [0.05, 0.1) is 11.0 Å². The summed E-state index contributed by atoms with van der Waals surface area (Å²) in [4.78, 5) is 8.91. The minimum atomic E-state index is 0.662. The molecule has 0 radical (unpaired) electrons. The molecule has 0 unspecified atom stereocenters. The standard InChI is InChI=1S/C15H12ClN5/c16-11-7-5-10(6-8-11)9-17-14-19-15-18-12-3-1-2-4-13(12)21(15)20-14/h1-8H,9H2,(H2,17,18,19,20). The highest BCUT2D eigenvalue weighted by Gasteiger charge is 2.08. The van der Waals surface area contributed by atoms with E-state index in [-0.39, 0.29) is 0 Å². The molecule has 5 nitrogen and oxygen atoms in total. The van der Waals surface area contributed by atoms with Crippen molar-refractivity contribution in [2.75, 3.05) is 5.32 Å². The number of hydrogen-bond donors (Lipinski definition) is 2. The summed E-state index contributed by atoms with van der Waals surface area (Å²) in [7, 11) is 0. The number of benzene rings is 2. The van der Waals surface area contributed by atoms with Crippen LogP contribution in [0.2, 0.25) is 5.02 Å². The summed E-state index contributed by atoms with van der Waals surface area (Å²) in [6.07, 6.45) is 0. The molecule has 0 amide bonds. The van der Waals surface area contributed by atoms with E-state index in [0.717, 1.165) is 21.6 Å². The Kier molecular flexibility index (Phi) is 2.79. The van der Waals surface area contributed by atoms with Crippen LogP contribution in [0.3, 0.4) is 0 Å². The second-order valence-corrected chi connectivity index (χ2v) is 5.22. The summed E-state index contributed by atoms with van der Waals surface area (Å²) in [6, 6.07) is 15.7. The summed E-state index contributed by atoms with van der Waals surface area (Å²) in [5, 5.41) is 7.19. The Hall–Kier alpha value is -2.53. The number of aromatic nitrogens is 4. The van der Waals surface area contributed by atoms with Crippen LogP contribution >= 0.6 is 11.6 Å². The molecule has 0 saturated carbocycles. The number of aromatic amines is 1. The van der Waals surface area contributed by atoms with Crippen LogP contribution in [0.5, 0.6) is 0 Å². The fourth-order valence-corrected chi connectivity index (χ4v) is 2.42. The lowest BCUT2D eigenvalue weighted by Gasteiger charge is -2.02. The van der Waals surface area contributed by atoms with Gasteiger partial charge in [0.15, 0.2) is 0 Å². The van der Waals surface area contributed by atoms with E-state index in [2.05, 4.69) is 20.4 Å². The van der Waals surface area contributed by atoms with E-state index in [1.165, 1.54) is 0 Å². The normalized spacial score (nSPS) is 11.3. The summed E-state index contributed by atoms with van der Waals surface area (Å²) < 4.78 is 1.87. The van der Waals surface area contributed by atoms with E-state index < -0.39 is 0 Å². The number of nitrogens with zero attached hydrogens (tertiary/aromatic N) is 3. The first-order valence-electron chi connectivity index (χ1n) is 6.61. The number of anilines is 1. The molecule has 0 atom stereocenters. The average molecular weight is 298 g/mol. The molecule has 0 bridgehead atoms. The molecule has 2 heterocycles. The molecule has 4 aromatic rings. The zero-order valence-electron chi connectivity index (χ0n) is 11.0. The maximum absolute atomic E-state index is 5.87. The summed E-state index contributed by atoms with van der Waals surface area (Å²) in [5.41, 5.74) is 3.08. The van der Waals surface area contributed by atoms with Crippen molar-refractivity contribution in [2.24, 2.45) is 0 Å². The smallest absolute Gasteiger partial charge is 0.253 e. The van der Waals surface area contributed by atoms with E-state index >= 15 is 0 Å². The van der Waals surface area contributed by atoms with Gasteiger partial charge in [-0.05, 0) is 29.8 Å². The first-order valence-corrected chi connectivity index (χ1v) is 6.99. The number of rotatable bonds is 3. The molecule has 0 aliphatic rings. The number of hydrogen-bond acceptors (Lipinski definition) is 3. The van der Waals surface area contributed by atoms with Crippen molar-refractivity contribution in [3.63, 3.8) is 0 Å². The predicted molar refractivity (Wildman–Crippen MR) is 83.6 cm³/mol. The molecule has 2 aromatic carbocycles. The van der Waals surface area contributed by atoms with Gasteiger partial charge in [-0.1, -0.05) is 35.9 Å². The highest BCUT2D eigenvalue weighted by atomic mass is 35.5. The van der Waals surface area contributed by atoms with Gasteiger partial charge in [-0.2, -0.15) is 4.98 Å². The van der Waals surface area contributed by atoms with Crippen molar-refractivity contribution in [3.8, 4) is 0 Å². The van der Waals surface area contributed by atoms with Crippen LogP contribution < -0.4 is 5.32 Å². The second-order valence-electron chi connectivity index (χ2n) is 4.79. The van der Waals surface area contributed by atoms with E-state index in [0.29, 0.717) is 18.3 Å². The molecule has 0 aliphatic carbocycles. The van der Waals surface area contributed by atoms with Gasteiger partial charge < -0.3 is 5.32 Å². The average Bonchev–Trinajstić information content (AvgIpc) is 3.04. The number of para-hydroxylation sites is 2. The molecule has 0 saturated heterocycles. The first-order chi connectivity index (χ1) is 10.3. The number of fused-ring (bicyclic) bond motifs is 3. The lowest BCUT2D eigenvalue weighted by Crippen LogP contribution is -2.01. The molecule has 2 N–H and O–H groups in total. The topological polar surface area (TPSA) is 58.0 Å². The van der Waals surface area contributed by atoms with E-state index in [1.807, 2.05) is 53.0 Å². The third-order valence-corrected chi connectivity index (χ3v) is 3.60. The number of H-pyrrole nitrogens is 1. The molecule has 0 spiro atoms. The Bertz CT molecular complexity index is 907. The Morgan fingerprint density at radius 2 is 1.86 bits per heavy atom. The van der Waals surface area contributed by atoms with Crippen molar-refractivity contribution in [1.82, 2.24) is 19.6 Å². The first kappa shape index (κ1) is 12.2. The molecule has 0 aliphatic heterocycles. The van der Waals surface area contributed by atoms with Gasteiger partial charge in [0.2, 0.25) is 5.95 Å². The van der Waals surface area contributed by atoms with E-state index in [1.54, 1.807) is 0 Å². The van der Waals surface area contributed by atoms with Crippen molar-refractivity contribution < 1.29 is 0 Å². The molecule has 6 heteroatoms. The van der Waals surface area contributed by atoms with Crippen LogP contribution in [0.15, 0.2) is 48.5 Å². The fraction of sp³-hybridized carbons (Fsp3) is 0.0667. The van der Waals surface area contributed by atoms with Crippen molar-refractivity contribution >= 4 is 34.4 Å². The maximum atomic E-state index is 5.87. The molecular weight excluding hydrogens is 286 g/mol. The molecule has 4 rings (SSSR count). The van der Waals surface area contributed by atoms with Crippen LogP contribution in [0.25, 0.3) is 16.8 Å². The molecule has 2 aromatic heterocycles. The van der Waals surface area contributed by atoms with E-state index in [9.17, 15) is 0 Å². The van der Waals surface area contributed by atoms with Crippen molar-refractivity contribution in [1.29, 1.82) is 0 Å². The van der Waals surface area contributed by atoms with Crippen LogP contribution in [0, 0.1) is 0 Å². The highest BCUT2D eigenvalue weighted by Crippen LogP contribution is 2.16. The number of imidazole rings is 1. The van der Waals surface area contributed by atoms with Gasteiger partial charge in [0.25, 0.3) is 5.78 Å². The quantitative estimate of drug-likeness (QED) is 0.609. The van der Waals surface area contributed by atoms with Crippen LogP contribution in [0.1, 0.15) is 5.56 Å². The van der Waals surface area contributed by atoms with Gasteiger partial charge >= 0.3 is 0 Å². The Balaban J connectivity index is 1.60. The van der Waals surface area contributed by atoms with Crippen molar-refractivity contribution in [2.45, 2.75) is 6.54 Å². The zero-order valence-corrected chi connectivity index (χ0v) is 11.8. The Morgan fingerprint density at radius 3 is 2.71 bits per heavy atom. The van der Waals surface area contributed by atoms with Crippen LogP contribution in [-0.4, -0.2) is 19.6 Å². The minimum absolute atomic E-state index is 0.662. The maximum Gasteiger partial charge on any atom is 0.253 e. The van der Waals surface area contributed by atoms with Gasteiger partial charge in [-0.25, -0.2) is 9.50 Å². The highest BCUT2D eigenvalue weighted by molar-refractivity contribution is 6.30. The minimum Gasteiger partial charge on any atom is -0.351 e. The van der Waals surface area contributed by atoms with Gasteiger partial charge in [-0.15, -0.1) is 0 Å². The van der Waals surface area contributed by atoms with Gasteiger partial charge in [-0.3, -0.25) is 5.10 Å². The van der Waals surface area contributed by atoms with Crippen molar-refractivity contribution in [3.05, 3.63) is 59.1 Å². The van der Waals surface area contributed by atoms with Crippen LogP contribution in [-0.2, 0) is 6.54 Å². The predicted octanol–water partition coefficient (Wildman–Crippen LogP) is 3.48. The molecule has 0 fully saturated rings. The second kappa shape index (κ2) is 4.79. The van der Waals surface area contributed by atoms with E-state index in [4.69, 9.17) is 11.6 Å². The van der Waals surface area contributed by atoms with Crippen LogP contribution in [0.4, 0.5) is 5.95 Å².